The van der Waals surface area contributed by atoms with Crippen molar-refractivity contribution < 1.29 is 5.11 Å². The summed E-state index contributed by atoms with van der Waals surface area (Å²) in [6.07, 6.45) is 1.31. The lowest BCUT2D eigenvalue weighted by atomic mass is 10.2. The standard InChI is InChI=1S/C5H13N.C5H12.C4H11N.C4H10O/c1-5(2)4-6-3;1-4-5(2)3;2*1-4(2)3-5/h5-6H,4H2,1-3H3;5H,4H2,1-3H3;4H,3,5H2,1-2H3;4-5H,3H2,1-2H3. The Hall–Kier alpha value is -0.120. The molecule has 0 aliphatic rings. The summed E-state index contributed by atoms with van der Waals surface area (Å²) >= 11 is 0. The van der Waals surface area contributed by atoms with Crippen LogP contribution in [0.5, 0.6) is 0 Å². The van der Waals surface area contributed by atoms with Gasteiger partial charge in [-0.15, -0.1) is 0 Å². The highest BCUT2D eigenvalue weighted by Gasteiger charge is 1.84. The van der Waals surface area contributed by atoms with Crippen LogP contribution in [0, 0.1) is 23.7 Å². The van der Waals surface area contributed by atoms with E-state index in [1.54, 1.807) is 0 Å². The Morgan fingerprint density at radius 2 is 1.10 bits per heavy atom. The minimum Gasteiger partial charge on any atom is -0.396 e. The number of aliphatic hydroxyl groups is 1. The maximum Gasteiger partial charge on any atom is 0.0453 e. The van der Waals surface area contributed by atoms with Gasteiger partial charge in [-0.2, -0.15) is 0 Å². The Morgan fingerprint density at radius 1 is 0.810 bits per heavy atom. The van der Waals surface area contributed by atoms with Crippen molar-refractivity contribution in [1.82, 2.24) is 5.32 Å². The fourth-order valence-corrected chi connectivity index (χ4v) is 0.408. The zero-order valence-electron chi connectivity index (χ0n) is 16.7. The largest absolute Gasteiger partial charge is 0.396 e. The molecule has 21 heavy (non-hydrogen) atoms. The van der Waals surface area contributed by atoms with Crippen molar-refractivity contribution in [3.05, 3.63) is 0 Å². The van der Waals surface area contributed by atoms with Crippen molar-refractivity contribution >= 4 is 0 Å². The van der Waals surface area contributed by atoms with Gasteiger partial charge in [-0.05, 0) is 43.8 Å². The van der Waals surface area contributed by atoms with Crippen LogP contribution in [-0.4, -0.2) is 31.9 Å². The quantitative estimate of drug-likeness (QED) is 0.715. The van der Waals surface area contributed by atoms with Gasteiger partial charge in [0.2, 0.25) is 0 Å². The minimum atomic E-state index is 0.306. The van der Waals surface area contributed by atoms with Crippen LogP contribution in [0.1, 0.15) is 68.7 Å². The molecule has 0 spiro atoms. The zero-order valence-corrected chi connectivity index (χ0v) is 16.7. The predicted molar refractivity (Wildman–Crippen MR) is 99.7 cm³/mol. The third kappa shape index (κ3) is 80.6. The Labute approximate surface area is 136 Å². The summed E-state index contributed by atoms with van der Waals surface area (Å²) in [6.45, 7) is 21.4. The maximum absolute atomic E-state index is 8.14. The number of hydrogen-bond donors (Lipinski definition) is 3. The molecule has 0 aromatic carbocycles. The van der Waals surface area contributed by atoms with Gasteiger partial charge in [0.05, 0.1) is 0 Å². The molecule has 0 rings (SSSR count). The third-order valence-corrected chi connectivity index (χ3v) is 2.27. The maximum atomic E-state index is 8.14. The van der Waals surface area contributed by atoms with Gasteiger partial charge in [0, 0.05) is 6.61 Å². The van der Waals surface area contributed by atoms with Crippen LogP contribution in [-0.2, 0) is 0 Å². The Bertz CT molecular complexity index is 127. The normalized spacial score (nSPS) is 9.71. The average molecular weight is 307 g/mol. The number of nitrogens with two attached hydrogens (primary N) is 1. The van der Waals surface area contributed by atoms with Gasteiger partial charge in [0.25, 0.3) is 0 Å². The highest BCUT2D eigenvalue weighted by atomic mass is 16.3. The summed E-state index contributed by atoms with van der Waals surface area (Å²) in [6, 6.07) is 0. The van der Waals surface area contributed by atoms with E-state index in [4.69, 9.17) is 10.8 Å². The van der Waals surface area contributed by atoms with Gasteiger partial charge in [-0.1, -0.05) is 68.7 Å². The van der Waals surface area contributed by atoms with Crippen molar-refractivity contribution in [2.24, 2.45) is 29.4 Å². The van der Waals surface area contributed by atoms with Gasteiger partial charge in [-0.3, -0.25) is 0 Å². The minimum absolute atomic E-state index is 0.306. The van der Waals surface area contributed by atoms with E-state index >= 15 is 0 Å². The molecule has 0 aromatic heterocycles. The summed E-state index contributed by atoms with van der Waals surface area (Å²) in [4.78, 5) is 0. The lowest BCUT2D eigenvalue weighted by Gasteiger charge is -1.98. The summed E-state index contributed by atoms with van der Waals surface area (Å²) in [5, 5.41) is 11.2. The monoisotopic (exact) mass is 306 g/mol. The molecule has 0 fully saturated rings. The molecule has 0 saturated carbocycles. The first-order valence-electron chi connectivity index (χ1n) is 8.54. The first kappa shape index (κ1) is 29.0. The highest BCUT2D eigenvalue weighted by molar-refractivity contribution is 4.42. The molecule has 3 heteroatoms. The van der Waals surface area contributed by atoms with Crippen molar-refractivity contribution in [3.63, 3.8) is 0 Å². The predicted octanol–water partition coefficient (Wildman–Crippen LogP) is 4.15. The van der Waals surface area contributed by atoms with Gasteiger partial charge < -0.3 is 16.2 Å². The van der Waals surface area contributed by atoms with Crippen molar-refractivity contribution in [2.75, 3.05) is 26.7 Å². The molecule has 0 atom stereocenters. The molecule has 0 aromatic rings. The van der Waals surface area contributed by atoms with Crippen LogP contribution in [0.3, 0.4) is 0 Å². The average Bonchev–Trinajstić information content (AvgIpc) is 2.40. The lowest BCUT2D eigenvalue weighted by Crippen LogP contribution is -2.12. The molecule has 0 heterocycles. The second-order valence-electron chi connectivity index (χ2n) is 6.96. The van der Waals surface area contributed by atoms with E-state index in [9.17, 15) is 0 Å². The lowest BCUT2D eigenvalue weighted by molar-refractivity contribution is 0.248. The van der Waals surface area contributed by atoms with E-state index in [-0.39, 0.29) is 0 Å². The molecular weight excluding hydrogens is 260 g/mol. The van der Waals surface area contributed by atoms with Gasteiger partial charge in [0.15, 0.2) is 0 Å². The van der Waals surface area contributed by atoms with E-state index in [0.717, 1.165) is 24.9 Å². The van der Waals surface area contributed by atoms with E-state index in [1.165, 1.54) is 6.42 Å². The van der Waals surface area contributed by atoms with Gasteiger partial charge >= 0.3 is 0 Å². The first-order valence-corrected chi connectivity index (χ1v) is 8.54. The summed E-state index contributed by atoms with van der Waals surface area (Å²) in [5.74, 6) is 2.77. The second kappa shape index (κ2) is 24.9. The Morgan fingerprint density at radius 3 is 1.10 bits per heavy atom. The van der Waals surface area contributed by atoms with Crippen LogP contribution in [0.4, 0.5) is 0 Å². The van der Waals surface area contributed by atoms with Crippen LogP contribution in [0.2, 0.25) is 0 Å². The number of nitrogens with one attached hydrogen (secondary N) is 1. The SMILES string of the molecule is CC(C)CN.CC(C)CO.CCC(C)C.CNCC(C)C. The molecule has 0 amide bonds. The molecule has 0 radical (unpaired) electrons. The summed E-state index contributed by atoms with van der Waals surface area (Å²) in [7, 11) is 1.97. The molecule has 0 saturated heterocycles. The van der Waals surface area contributed by atoms with Gasteiger partial charge in [-0.25, -0.2) is 0 Å². The van der Waals surface area contributed by atoms with Crippen molar-refractivity contribution in [3.8, 4) is 0 Å². The van der Waals surface area contributed by atoms with Crippen LogP contribution < -0.4 is 11.1 Å². The summed E-state index contributed by atoms with van der Waals surface area (Å²) < 4.78 is 0. The van der Waals surface area contributed by atoms with Crippen LogP contribution >= 0.6 is 0 Å². The molecular formula is C18H46N2O. The molecule has 0 unspecified atom stereocenters. The van der Waals surface area contributed by atoms with Gasteiger partial charge in [0.1, 0.15) is 0 Å². The Balaban J connectivity index is -0.0000000921. The molecule has 4 N–H and O–H groups in total. The topological polar surface area (TPSA) is 58.3 Å². The molecule has 134 valence electrons. The van der Waals surface area contributed by atoms with Crippen LogP contribution in [0.25, 0.3) is 0 Å². The number of rotatable bonds is 5. The first-order chi connectivity index (χ1) is 9.58. The Kier molecular flexibility index (Phi) is 34.3. The van der Waals surface area contributed by atoms with E-state index in [1.807, 2.05) is 20.9 Å². The number of hydrogen-bond acceptors (Lipinski definition) is 3. The highest BCUT2D eigenvalue weighted by Crippen LogP contribution is 1.93. The van der Waals surface area contributed by atoms with E-state index < -0.39 is 0 Å². The smallest absolute Gasteiger partial charge is 0.0453 e. The third-order valence-electron chi connectivity index (χ3n) is 2.27. The second-order valence-corrected chi connectivity index (χ2v) is 6.96. The van der Waals surface area contributed by atoms with E-state index in [2.05, 4.69) is 53.8 Å². The molecule has 3 nitrogen and oxygen atoms in total. The van der Waals surface area contributed by atoms with E-state index in [0.29, 0.717) is 18.4 Å². The van der Waals surface area contributed by atoms with Crippen LogP contribution in [0.15, 0.2) is 0 Å². The number of aliphatic hydroxyl groups excluding tert-OH is 1. The molecule has 0 bridgehead atoms. The molecule has 0 aliphatic carbocycles. The fraction of sp³-hybridized carbons (Fsp3) is 1.00. The van der Waals surface area contributed by atoms with Crippen molar-refractivity contribution in [2.45, 2.75) is 68.7 Å². The fourth-order valence-electron chi connectivity index (χ4n) is 0.408. The van der Waals surface area contributed by atoms with Crippen molar-refractivity contribution in [1.29, 1.82) is 0 Å². The summed E-state index contributed by atoms with van der Waals surface area (Å²) in [5.41, 5.74) is 5.17. The zero-order chi connectivity index (χ0) is 17.8. The molecule has 0 aliphatic heterocycles.